The van der Waals surface area contributed by atoms with Gasteiger partial charge < -0.3 is 15.6 Å². The van der Waals surface area contributed by atoms with Crippen LogP contribution in [0.25, 0.3) is 39.6 Å². The van der Waals surface area contributed by atoms with E-state index in [-0.39, 0.29) is 12.4 Å². The summed E-state index contributed by atoms with van der Waals surface area (Å²) in [7, 11) is 1.58. The minimum Gasteiger partial charge on any atom is -0.481 e. The van der Waals surface area contributed by atoms with Crippen molar-refractivity contribution in [1.29, 1.82) is 0 Å². The second kappa shape index (κ2) is 8.05. The highest BCUT2D eigenvalue weighted by atomic mass is 16.5. The molecule has 5 aromatic rings. The molecule has 0 unspecified atom stereocenters. The molecule has 0 aliphatic carbocycles. The fraction of sp³-hybridized carbons (Fsp3) is 0.0870. The molecule has 0 atom stereocenters. The summed E-state index contributed by atoms with van der Waals surface area (Å²) in [4.78, 5) is 22.5. The Balaban J connectivity index is 1.74. The van der Waals surface area contributed by atoms with Crippen LogP contribution in [0.3, 0.4) is 0 Å². The quantitative estimate of drug-likeness (QED) is 0.440. The first kappa shape index (κ1) is 19.6. The van der Waals surface area contributed by atoms with Crippen molar-refractivity contribution in [3.8, 4) is 34.3 Å². The summed E-state index contributed by atoms with van der Waals surface area (Å²) >= 11 is 0. The van der Waals surface area contributed by atoms with Crippen LogP contribution >= 0.6 is 0 Å². The van der Waals surface area contributed by atoms with Gasteiger partial charge in [-0.3, -0.25) is 4.57 Å². The predicted molar refractivity (Wildman–Crippen MR) is 120 cm³/mol. The summed E-state index contributed by atoms with van der Waals surface area (Å²) in [5.74, 6) is 1.33. The molecule has 4 heterocycles. The third-order valence-corrected chi connectivity index (χ3v) is 5.06. The van der Waals surface area contributed by atoms with Crippen LogP contribution in [-0.4, -0.2) is 41.7 Å². The molecule has 0 bridgehead atoms. The zero-order valence-electron chi connectivity index (χ0n) is 17.2. The molecule has 4 aromatic heterocycles. The highest BCUT2D eigenvalue weighted by Crippen LogP contribution is 2.30. The van der Waals surface area contributed by atoms with Gasteiger partial charge in [0.25, 0.3) is 0 Å². The first-order valence-electron chi connectivity index (χ1n) is 9.85. The average molecular weight is 425 g/mol. The van der Waals surface area contributed by atoms with E-state index in [2.05, 4.69) is 15.0 Å². The SMILES string of the molecule is COc1ccc(-c2ccc3nc(-c4nccnc4N)n(-c4ccc(CO)cc4)c3n2)cn1. The van der Waals surface area contributed by atoms with Crippen molar-refractivity contribution >= 4 is 17.0 Å². The molecule has 9 heteroatoms. The van der Waals surface area contributed by atoms with Gasteiger partial charge in [0.2, 0.25) is 5.88 Å². The first-order chi connectivity index (χ1) is 15.7. The number of ether oxygens (including phenoxy) is 1. The Morgan fingerprint density at radius 1 is 0.938 bits per heavy atom. The molecule has 0 spiro atoms. The van der Waals surface area contributed by atoms with Gasteiger partial charge in [0.05, 0.1) is 19.4 Å². The van der Waals surface area contributed by atoms with Gasteiger partial charge in [0.1, 0.15) is 11.2 Å². The molecule has 0 fully saturated rings. The van der Waals surface area contributed by atoms with Gasteiger partial charge in [-0.05, 0) is 35.9 Å². The van der Waals surface area contributed by atoms with E-state index in [0.717, 1.165) is 22.5 Å². The van der Waals surface area contributed by atoms with Crippen LogP contribution in [0.15, 0.2) is 67.1 Å². The molecular weight excluding hydrogens is 406 g/mol. The molecule has 3 N–H and O–H groups in total. The average Bonchev–Trinajstić information content (AvgIpc) is 3.23. The van der Waals surface area contributed by atoms with Crippen LogP contribution in [0.1, 0.15) is 5.56 Å². The molecule has 0 aliphatic rings. The van der Waals surface area contributed by atoms with Gasteiger partial charge in [-0.25, -0.2) is 24.9 Å². The lowest BCUT2D eigenvalue weighted by Crippen LogP contribution is -2.04. The van der Waals surface area contributed by atoms with E-state index in [9.17, 15) is 5.11 Å². The molecule has 0 radical (unpaired) electrons. The number of aliphatic hydroxyl groups is 1. The van der Waals surface area contributed by atoms with E-state index in [4.69, 9.17) is 20.4 Å². The molecule has 32 heavy (non-hydrogen) atoms. The summed E-state index contributed by atoms with van der Waals surface area (Å²) in [5, 5.41) is 9.42. The van der Waals surface area contributed by atoms with Crippen molar-refractivity contribution in [3.63, 3.8) is 0 Å². The van der Waals surface area contributed by atoms with Crippen LogP contribution < -0.4 is 10.5 Å². The number of hydrogen-bond acceptors (Lipinski definition) is 8. The smallest absolute Gasteiger partial charge is 0.212 e. The zero-order valence-corrected chi connectivity index (χ0v) is 17.2. The third kappa shape index (κ3) is 3.40. The lowest BCUT2D eigenvalue weighted by atomic mass is 10.2. The number of methoxy groups -OCH3 is 1. The monoisotopic (exact) mass is 425 g/mol. The van der Waals surface area contributed by atoms with E-state index in [1.54, 1.807) is 25.6 Å². The number of nitrogen functional groups attached to an aromatic ring is 1. The Morgan fingerprint density at radius 2 is 1.75 bits per heavy atom. The molecule has 0 saturated carbocycles. The summed E-state index contributed by atoms with van der Waals surface area (Å²) in [6, 6.07) is 15.0. The summed E-state index contributed by atoms with van der Waals surface area (Å²) in [6.07, 6.45) is 4.83. The van der Waals surface area contributed by atoms with E-state index < -0.39 is 0 Å². The summed E-state index contributed by atoms with van der Waals surface area (Å²) < 4.78 is 7.03. The van der Waals surface area contributed by atoms with Gasteiger partial charge in [-0.1, -0.05) is 12.1 Å². The van der Waals surface area contributed by atoms with Crippen molar-refractivity contribution in [2.45, 2.75) is 6.61 Å². The van der Waals surface area contributed by atoms with Crippen LogP contribution in [0.2, 0.25) is 0 Å². The first-order valence-corrected chi connectivity index (χ1v) is 9.85. The fourth-order valence-corrected chi connectivity index (χ4v) is 3.45. The van der Waals surface area contributed by atoms with Crippen molar-refractivity contribution < 1.29 is 9.84 Å². The predicted octanol–water partition coefficient (Wildman–Crippen LogP) is 3.02. The third-order valence-electron chi connectivity index (χ3n) is 5.06. The zero-order chi connectivity index (χ0) is 22.1. The Hall–Kier alpha value is -4.37. The number of fused-ring (bicyclic) bond motifs is 1. The standard InChI is InChI=1S/C23H19N7O2/c1-32-19-9-4-15(12-27-19)17-7-8-18-22(28-17)30(16-5-2-14(13-31)3-6-16)23(29-18)20-21(24)26-11-10-25-20/h2-12,31H,13H2,1H3,(H2,24,26). The normalized spacial score (nSPS) is 11.1. The second-order valence-electron chi connectivity index (χ2n) is 7.01. The topological polar surface area (TPSA) is 125 Å². The van der Waals surface area contributed by atoms with Crippen LogP contribution in [0, 0.1) is 0 Å². The number of rotatable bonds is 5. The van der Waals surface area contributed by atoms with Crippen LogP contribution in [0.4, 0.5) is 5.82 Å². The van der Waals surface area contributed by atoms with Crippen molar-refractivity contribution in [2.75, 3.05) is 12.8 Å². The number of hydrogen-bond donors (Lipinski definition) is 2. The van der Waals surface area contributed by atoms with Gasteiger partial charge in [0.15, 0.2) is 17.3 Å². The number of imidazole rings is 1. The van der Waals surface area contributed by atoms with Crippen molar-refractivity contribution in [2.24, 2.45) is 0 Å². The Labute approximate surface area is 183 Å². The molecule has 5 rings (SSSR count). The number of nitrogens with two attached hydrogens (primary N) is 1. The van der Waals surface area contributed by atoms with Gasteiger partial charge in [0, 0.05) is 35.9 Å². The van der Waals surface area contributed by atoms with Gasteiger partial charge in [-0.2, -0.15) is 0 Å². The molecular formula is C23H19N7O2. The number of aliphatic hydroxyl groups excluding tert-OH is 1. The Bertz CT molecular complexity index is 1400. The van der Waals surface area contributed by atoms with E-state index in [0.29, 0.717) is 28.6 Å². The molecule has 0 amide bonds. The minimum atomic E-state index is -0.0399. The Morgan fingerprint density at radius 3 is 2.44 bits per heavy atom. The van der Waals surface area contributed by atoms with E-state index in [1.165, 1.54) is 6.20 Å². The number of nitrogens with zero attached hydrogens (tertiary/aromatic N) is 6. The molecule has 0 saturated heterocycles. The van der Waals surface area contributed by atoms with Crippen molar-refractivity contribution in [1.82, 2.24) is 29.5 Å². The van der Waals surface area contributed by atoms with Crippen LogP contribution in [0.5, 0.6) is 5.88 Å². The maximum Gasteiger partial charge on any atom is 0.212 e. The second-order valence-corrected chi connectivity index (χ2v) is 7.01. The maximum atomic E-state index is 9.42. The van der Waals surface area contributed by atoms with Crippen LogP contribution in [-0.2, 0) is 6.61 Å². The largest absolute Gasteiger partial charge is 0.481 e. The Kier molecular flexibility index (Phi) is 4.92. The summed E-state index contributed by atoms with van der Waals surface area (Å²) in [5.41, 5.74) is 11.1. The minimum absolute atomic E-state index is 0.0399. The van der Waals surface area contributed by atoms with Gasteiger partial charge in [-0.15, -0.1) is 0 Å². The highest BCUT2D eigenvalue weighted by molar-refractivity contribution is 5.83. The van der Waals surface area contributed by atoms with Crippen molar-refractivity contribution in [3.05, 3.63) is 72.7 Å². The van der Waals surface area contributed by atoms with Gasteiger partial charge >= 0.3 is 0 Å². The van der Waals surface area contributed by atoms with E-state index in [1.807, 2.05) is 47.0 Å². The van der Waals surface area contributed by atoms with E-state index >= 15 is 0 Å². The molecule has 1 aromatic carbocycles. The maximum absolute atomic E-state index is 9.42. The number of anilines is 1. The number of pyridine rings is 2. The fourth-order valence-electron chi connectivity index (χ4n) is 3.45. The number of aromatic nitrogens is 6. The summed E-state index contributed by atoms with van der Waals surface area (Å²) in [6.45, 7) is -0.0399. The highest BCUT2D eigenvalue weighted by Gasteiger charge is 2.19. The molecule has 0 aliphatic heterocycles. The molecule has 9 nitrogen and oxygen atoms in total. The molecule has 158 valence electrons. The lowest BCUT2D eigenvalue weighted by Gasteiger charge is -2.10. The number of benzene rings is 1. The lowest BCUT2D eigenvalue weighted by molar-refractivity contribution is 0.282.